The normalized spacial score (nSPS) is 11.2. The third kappa shape index (κ3) is 5.48. The van der Waals surface area contributed by atoms with Crippen molar-refractivity contribution in [2.45, 2.75) is 33.1 Å². The van der Waals surface area contributed by atoms with E-state index in [1.54, 1.807) is 0 Å². The molecule has 7 heteroatoms. The molecule has 0 radical (unpaired) electrons. The molecule has 0 aliphatic carbocycles. The van der Waals surface area contributed by atoms with Crippen LogP contribution in [0.3, 0.4) is 0 Å². The molecule has 3 N–H and O–H groups in total. The fraction of sp³-hybridized carbons (Fsp3) is 0.500. The topological polar surface area (TPSA) is 78.4 Å². The van der Waals surface area contributed by atoms with E-state index in [2.05, 4.69) is 10.6 Å². The van der Waals surface area contributed by atoms with Gasteiger partial charge in [0.15, 0.2) is 0 Å². The van der Waals surface area contributed by atoms with Gasteiger partial charge in [-0.3, -0.25) is 9.59 Å². The van der Waals surface area contributed by atoms with E-state index in [0.29, 0.717) is 13.0 Å². The first-order valence-corrected chi connectivity index (χ1v) is 7.90. The van der Waals surface area contributed by atoms with E-state index >= 15 is 0 Å². The van der Waals surface area contributed by atoms with Crippen LogP contribution in [-0.2, 0) is 9.59 Å². The lowest BCUT2D eigenvalue weighted by Gasteiger charge is -2.31. The molecule has 0 bridgehead atoms. The van der Waals surface area contributed by atoms with E-state index in [4.69, 9.17) is 16.7 Å². The Balaban J connectivity index is 2.63. The van der Waals surface area contributed by atoms with Crippen molar-refractivity contribution >= 4 is 29.1 Å². The predicted molar refractivity (Wildman–Crippen MR) is 87.8 cm³/mol. The molecule has 0 unspecified atom stereocenters. The third-order valence-corrected chi connectivity index (χ3v) is 4.44. The van der Waals surface area contributed by atoms with Gasteiger partial charge < -0.3 is 15.7 Å². The molecule has 1 aromatic rings. The number of benzene rings is 1. The van der Waals surface area contributed by atoms with Crippen molar-refractivity contribution in [1.82, 2.24) is 5.32 Å². The summed E-state index contributed by atoms with van der Waals surface area (Å²) in [7, 11) is 0. The van der Waals surface area contributed by atoms with Gasteiger partial charge in [0.1, 0.15) is 5.82 Å². The van der Waals surface area contributed by atoms with E-state index in [9.17, 15) is 14.0 Å². The van der Waals surface area contributed by atoms with Crippen molar-refractivity contribution in [2.24, 2.45) is 5.41 Å². The van der Waals surface area contributed by atoms with Gasteiger partial charge in [-0.1, -0.05) is 25.4 Å². The zero-order chi connectivity index (χ0) is 17.5. The summed E-state index contributed by atoms with van der Waals surface area (Å²) in [6.45, 7) is 4.28. The van der Waals surface area contributed by atoms with E-state index in [1.807, 2.05) is 13.8 Å². The summed E-state index contributed by atoms with van der Waals surface area (Å²) >= 11 is 5.62. The van der Waals surface area contributed by atoms with Crippen molar-refractivity contribution in [3.05, 3.63) is 29.0 Å². The summed E-state index contributed by atoms with van der Waals surface area (Å²) < 4.78 is 13.1. The number of anilines is 1. The maximum atomic E-state index is 13.1. The van der Waals surface area contributed by atoms with Crippen molar-refractivity contribution in [1.29, 1.82) is 0 Å². The highest BCUT2D eigenvalue weighted by Crippen LogP contribution is 2.29. The molecule has 2 amide bonds. The summed E-state index contributed by atoms with van der Waals surface area (Å²) in [5.41, 5.74) is 0.00769. The number of halogens is 2. The Hall–Kier alpha value is -1.66. The Labute approximate surface area is 140 Å². The highest BCUT2D eigenvalue weighted by molar-refractivity contribution is 6.39. The van der Waals surface area contributed by atoms with Gasteiger partial charge in [-0.2, -0.15) is 0 Å². The van der Waals surface area contributed by atoms with Gasteiger partial charge in [-0.15, -0.1) is 0 Å². The van der Waals surface area contributed by atoms with Crippen LogP contribution in [0.25, 0.3) is 0 Å². The maximum Gasteiger partial charge on any atom is 0.313 e. The second kappa shape index (κ2) is 8.84. The Bertz CT molecular complexity index is 562. The van der Waals surface area contributed by atoms with Gasteiger partial charge in [0.05, 0.1) is 5.02 Å². The minimum absolute atomic E-state index is 0.0256. The molecular formula is C16H22ClFN2O3. The molecule has 0 aromatic heterocycles. The number of hydrogen-bond donors (Lipinski definition) is 3. The smallest absolute Gasteiger partial charge is 0.313 e. The van der Waals surface area contributed by atoms with Gasteiger partial charge >= 0.3 is 11.8 Å². The van der Waals surface area contributed by atoms with Gasteiger partial charge in [0.2, 0.25) is 0 Å². The van der Waals surface area contributed by atoms with Crippen molar-refractivity contribution < 1.29 is 19.1 Å². The van der Waals surface area contributed by atoms with Crippen LogP contribution in [0.4, 0.5) is 10.1 Å². The number of nitrogens with one attached hydrogen (secondary N) is 2. The van der Waals surface area contributed by atoms with Gasteiger partial charge in [-0.05, 0) is 42.9 Å². The van der Waals surface area contributed by atoms with Crippen LogP contribution in [-0.4, -0.2) is 30.1 Å². The Morgan fingerprint density at radius 1 is 1.26 bits per heavy atom. The molecule has 128 valence electrons. The first-order valence-electron chi connectivity index (χ1n) is 7.52. The van der Waals surface area contributed by atoms with Crippen molar-refractivity contribution in [3.63, 3.8) is 0 Å². The number of aliphatic hydroxyl groups is 1. The molecule has 0 aliphatic heterocycles. The monoisotopic (exact) mass is 344 g/mol. The number of carbonyl (C=O) groups excluding carboxylic acids is 2. The fourth-order valence-corrected chi connectivity index (χ4v) is 2.47. The maximum absolute atomic E-state index is 13.1. The Morgan fingerprint density at radius 2 is 1.91 bits per heavy atom. The Kier molecular flexibility index (Phi) is 7.45. The molecule has 1 aromatic carbocycles. The summed E-state index contributed by atoms with van der Waals surface area (Å²) in [6, 6.07) is 3.66. The van der Waals surface area contributed by atoms with Gasteiger partial charge in [0, 0.05) is 18.8 Å². The highest BCUT2D eigenvalue weighted by Gasteiger charge is 2.27. The highest BCUT2D eigenvalue weighted by atomic mass is 35.5. The molecular weight excluding hydrogens is 323 g/mol. The first-order chi connectivity index (χ1) is 10.9. The molecule has 0 aliphatic rings. The van der Waals surface area contributed by atoms with Gasteiger partial charge in [0.25, 0.3) is 0 Å². The number of rotatable bonds is 7. The second-order valence-corrected chi connectivity index (χ2v) is 5.85. The lowest BCUT2D eigenvalue weighted by molar-refractivity contribution is -0.136. The van der Waals surface area contributed by atoms with Crippen molar-refractivity contribution in [2.75, 3.05) is 18.5 Å². The van der Waals surface area contributed by atoms with E-state index in [-0.39, 0.29) is 22.7 Å². The van der Waals surface area contributed by atoms with Crippen LogP contribution in [0.5, 0.6) is 0 Å². The fourth-order valence-electron chi connectivity index (χ4n) is 2.29. The molecule has 0 heterocycles. The molecule has 1 rings (SSSR count). The summed E-state index contributed by atoms with van der Waals surface area (Å²) in [5, 5.41) is 14.0. The minimum Gasteiger partial charge on any atom is -0.396 e. The first kappa shape index (κ1) is 19.4. The van der Waals surface area contributed by atoms with Crippen LogP contribution in [0, 0.1) is 11.2 Å². The zero-order valence-electron chi connectivity index (χ0n) is 13.3. The quantitative estimate of drug-likeness (QED) is 0.665. The average molecular weight is 345 g/mol. The van der Waals surface area contributed by atoms with Crippen LogP contribution < -0.4 is 10.6 Å². The second-order valence-electron chi connectivity index (χ2n) is 5.45. The van der Waals surface area contributed by atoms with E-state index in [1.165, 1.54) is 12.1 Å². The molecule has 0 spiro atoms. The van der Waals surface area contributed by atoms with E-state index < -0.39 is 17.6 Å². The van der Waals surface area contributed by atoms with Crippen LogP contribution in [0.15, 0.2) is 18.2 Å². The van der Waals surface area contributed by atoms with Crippen LogP contribution >= 0.6 is 11.6 Å². The molecule has 0 saturated carbocycles. The molecule has 5 nitrogen and oxygen atoms in total. The van der Waals surface area contributed by atoms with Crippen molar-refractivity contribution in [3.8, 4) is 0 Å². The lowest BCUT2D eigenvalue weighted by atomic mass is 9.79. The lowest BCUT2D eigenvalue weighted by Crippen LogP contribution is -2.42. The van der Waals surface area contributed by atoms with Crippen LogP contribution in [0.1, 0.15) is 33.1 Å². The van der Waals surface area contributed by atoms with Gasteiger partial charge in [-0.25, -0.2) is 4.39 Å². The summed E-state index contributed by atoms with van der Waals surface area (Å²) in [4.78, 5) is 23.7. The molecule has 23 heavy (non-hydrogen) atoms. The number of carbonyl (C=O) groups is 2. The Morgan fingerprint density at radius 3 is 2.43 bits per heavy atom. The largest absolute Gasteiger partial charge is 0.396 e. The zero-order valence-corrected chi connectivity index (χ0v) is 14.0. The third-order valence-electron chi connectivity index (χ3n) is 4.15. The number of amides is 2. The SMILES string of the molecule is CCC(CC)(CCO)CNC(=O)C(=O)Nc1ccc(F)c(Cl)c1. The number of aliphatic hydroxyl groups excluding tert-OH is 1. The standard InChI is InChI=1S/C16H22ClFN2O3/c1-3-16(4-2,7-8-21)10-19-14(22)15(23)20-11-5-6-13(18)12(17)9-11/h5-6,9,21H,3-4,7-8,10H2,1-2H3,(H,19,22)(H,20,23). The molecule has 0 atom stereocenters. The summed E-state index contributed by atoms with van der Waals surface area (Å²) in [6.07, 6.45) is 2.11. The molecule has 0 fully saturated rings. The predicted octanol–water partition coefficient (Wildman–Crippen LogP) is 2.72. The average Bonchev–Trinajstić information content (AvgIpc) is 2.54. The van der Waals surface area contributed by atoms with Crippen LogP contribution in [0.2, 0.25) is 5.02 Å². The number of hydrogen-bond acceptors (Lipinski definition) is 3. The minimum atomic E-state index is -0.849. The molecule has 0 saturated heterocycles. The van der Waals surface area contributed by atoms with E-state index in [0.717, 1.165) is 18.9 Å². The summed E-state index contributed by atoms with van der Waals surface area (Å²) in [5.74, 6) is -2.23.